The molecule has 0 radical (unpaired) electrons. The summed E-state index contributed by atoms with van der Waals surface area (Å²) in [6.07, 6.45) is 1.88. The van der Waals surface area contributed by atoms with Crippen LogP contribution < -0.4 is 5.32 Å². The Hall–Kier alpha value is -0.120. The molecule has 0 saturated carbocycles. The second-order valence-electron chi connectivity index (χ2n) is 4.70. The first kappa shape index (κ1) is 13.9. The van der Waals surface area contributed by atoms with Gasteiger partial charge in [-0.25, -0.2) is 0 Å². The molecule has 2 N–H and O–H groups in total. The maximum atomic E-state index is 8.86. The maximum absolute atomic E-state index is 8.86. The predicted octanol–water partition coefficient (Wildman–Crippen LogP) is 1.41. The molecular formula is C11H25NO2. The van der Waals surface area contributed by atoms with E-state index in [4.69, 9.17) is 9.84 Å². The Morgan fingerprint density at radius 1 is 1.43 bits per heavy atom. The van der Waals surface area contributed by atoms with E-state index in [-0.39, 0.29) is 12.0 Å². The maximum Gasteiger partial charge on any atom is 0.0476 e. The molecule has 0 aliphatic carbocycles. The number of aliphatic hydroxyl groups excluding tert-OH is 1. The van der Waals surface area contributed by atoms with Crippen LogP contribution in [0.2, 0.25) is 0 Å². The summed E-state index contributed by atoms with van der Waals surface area (Å²) in [6.45, 7) is 8.50. The summed E-state index contributed by atoms with van der Waals surface area (Å²) in [4.78, 5) is 0. The van der Waals surface area contributed by atoms with Gasteiger partial charge in [0.2, 0.25) is 0 Å². The Balaban J connectivity index is 3.58. The van der Waals surface area contributed by atoms with E-state index in [1.165, 1.54) is 0 Å². The van der Waals surface area contributed by atoms with Crippen molar-refractivity contribution in [3.05, 3.63) is 0 Å². The molecule has 0 aromatic carbocycles. The lowest BCUT2D eigenvalue weighted by Crippen LogP contribution is -2.36. The van der Waals surface area contributed by atoms with Gasteiger partial charge in [-0.15, -0.1) is 0 Å². The largest absolute Gasteiger partial charge is 0.396 e. The average Bonchev–Trinajstić information content (AvgIpc) is 2.11. The molecule has 3 heteroatoms. The van der Waals surface area contributed by atoms with Gasteiger partial charge in [0.1, 0.15) is 0 Å². The quantitative estimate of drug-likeness (QED) is 0.627. The number of hydrogen-bond donors (Lipinski definition) is 2. The smallest absolute Gasteiger partial charge is 0.0476 e. The Labute approximate surface area is 87.8 Å². The number of hydrogen-bond acceptors (Lipinski definition) is 3. The molecular weight excluding hydrogens is 178 g/mol. The first-order chi connectivity index (χ1) is 6.52. The summed E-state index contributed by atoms with van der Waals surface area (Å²) in [5, 5.41) is 12.3. The van der Waals surface area contributed by atoms with Gasteiger partial charge >= 0.3 is 0 Å². The van der Waals surface area contributed by atoms with Gasteiger partial charge in [-0.1, -0.05) is 13.8 Å². The molecule has 0 spiro atoms. The zero-order valence-corrected chi connectivity index (χ0v) is 9.97. The molecule has 0 fully saturated rings. The minimum absolute atomic E-state index is 0.177. The summed E-state index contributed by atoms with van der Waals surface area (Å²) >= 11 is 0. The normalized spacial score (nSPS) is 14.4. The molecule has 0 amide bonds. The molecule has 0 aliphatic heterocycles. The third-order valence-electron chi connectivity index (χ3n) is 2.47. The third kappa shape index (κ3) is 7.30. The minimum atomic E-state index is 0.177. The van der Waals surface area contributed by atoms with E-state index in [1.807, 2.05) is 0 Å². The minimum Gasteiger partial charge on any atom is -0.396 e. The van der Waals surface area contributed by atoms with Crippen molar-refractivity contribution in [1.29, 1.82) is 0 Å². The summed E-state index contributed by atoms with van der Waals surface area (Å²) in [5.41, 5.74) is 0.177. The SMILES string of the molecule is COCCC(C)NCC(C)(C)CCO. The van der Waals surface area contributed by atoms with Crippen molar-refractivity contribution in [3.8, 4) is 0 Å². The zero-order chi connectivity index (χ0) is 11.0. The van der Waals surface area contributed by atoms with E-state index >= 15 is 0 Å². The molecule has 0 rings (SSSR count). The number of methoxy groups -OCH3 is 1. The van der Waals surface area contributed by atoms with Gasteiger partial charge in [-0.3, -0.25) is 0 Å². The Morgan fingerprint density at radius 3 is 2.57 bits per heavy atom. The monoisotopic (exact) mass is 203 g/mol. The van der Waals surface area contributed by atoms with Crippen LogP contribution in [0.15, 0.2) is 0 Å². The lowest BCUT2D eigenvalue weighted by atomic mass is 9.89. The van der Waals surface area contributed by atoms with Crippen molar-refractivity contribution in [3.63, 3.8) is 0 Å². The van der Waals surface area contributed by atoms with Crippen LogP contribution in [-0.4, -0.2) is 38.0 Å². The van der Waals surface area contributed by atoms with Crippen LogP contribution in [0.5, 0.6) is 0 Å². The number of ether oxygens (including phenoxy) is 1. The molecule has 0 aliphatic rings. The van der Waals surface area contributed by atoms with Crippen molar-refractivity contribution in [2.45, 2.75) is 39.7 Å². The fourth-order valence-corrected chi connectivity index (χ4v) is 1.24. The number of nitrogens with one attached hydrogen (secondary N) is 1. The van der Waals surface area contributed by atoms with Gasteiger partial charge in [-0.2, -0.15) is 0 Å². The lowest BCUT2D eigenvalue weighted by molar-refractivity contribution is 0.175. The molecule has 0 heterocycles. The van der Waals surface area contributed by atoms with Gasteiger partial charge in [0.25, 0.3) is 0 Å². The number of aliphatic hydroxyl groups is 1. The van der Waals surface area contributed by atoms with Crippen LogP contribution in [0.3, 0.4) is 0 Å². The molecule has 0 saturated heterocycles. The van der Waals surface area contributed by atoms with Crippen molar-refractivity contribution >= 4 is 0 Å². The lowest BCUT2D eigenvalue weighted by Gasteiger charge is -2.26. The second-order valence-corrected chi connectivity index (χ2v) is 4.70. The van der Waals surface area contributed by atoms with E-state index in [1.54, 1.807) is 7.11 Å². The Morgan fingerprint density at radius 2 is 2.07 bits per heavy atom. The summed E-state index contributed by atoms with van der Waals surface area (Å²) in [5.74, 6) is 0. The van der Waals surface area contributed by atoms with E-state index in [0.29, 0.717) is 6.04 Å². The molecule has 14 heavy (non-hydrogen) atoms. The standard InChI is InChI=1S/C11H25NO2/c1-10(5-8-14-4)12-9-11(2,3)6-7-13/h10,12-13H,5-9H2,1-4H3. The molecule has 86 valence electrons. The highest BCUT2D eigenvalue weighted by Crippen LogP contribution is 2.18. The second kappa shape index (κ2) is 7.21. The molecule has 1 atom stereocenters. The highest BCUT2D eigenvalue weighted by atomic mass is 16.5. The molecule has 1 unspecified atom stereocenters. The van der Waals surface area contributed by atoms with Gasteiger partial charge in [0.05, 0.1) is 0 Å². The third-order valence-corrected chi connectivity index (χ3v) is 2.47. The van der Waals surface area contributed by atoms with Crippen LogP contribution >= 0.6 is 0 Å². The van der Waals surface area contributed by atoms with Crippen molar-refractivity contribution in [1.82, 2.24) is 5.32 Å². The van der Waals surface area contributed by atoms with Crippen LogP contribution in [0, 0.1) is 5.41 Å². The first-order valence-corrected chi connectivity index (χ1v) is 5.35. The highest BCUT2D eigenvalue weighted by Gasteiger charge is 2.17. The van der Waals surface area contributed by atoms with Crippen LogP contribution in [-0.2, 0) is 4.74 Å². The van der Waals surface area contributed by atoms with Crippen molar-refractivity contribution in [2.24, 2.45) is 5.41 Å². The average molecular weight is 203 g/mol. The van der Waals surface area contributed by atoms with Crippen LogP contribution in [0.4, 0.5) is 0 Å². The molecule has 0 aromatic heterocycles. The molecule has 3 nitrogen and oxygen atoms in total. The predicted molar refractivity (Wildman–Crippen MR) is 59.4 cm³/mol. The first-order valence-electron chi connectivity index (χ1n) is 5.35. The van der Waals surface area contributed by atoms with Gasteiger partial charge in [-0.05, 0) is 25.2 Å². The van der Waals surface area contributed by atoms with E-state index in [2.05, 4.69) is 26.1 Å². The van der Waals surface area contributed by atoms with Gasteiger partial charge < -0.3 is 15.2 Å². The van der Waals surface area contributed by atoms with E-state index < -0.39 is 0 Å². The summed E-state index contributed by atoms with van der Waals surface area (Å²) in [7, 11) is 1.72. The van der Waals surface area contributed by atoms with Crippen LogP contribution in [0.1, 0.15) is 33.6 Å². The Bertz CT molecular complexity index is 137. The van der Waals surface area contributed by atoms with Gasteiger partial charge in [0, 0.05) is 32.9 Å². The van der Waals surface area contributed by atoms with E-state index in [9.17, 15) is 0 Å². The topological polar surface area (TPSA) is 41.5 Å². The van der Waals surface area contributed by atoms with Gasteiger partial charge in [0.15, 0.2) is 0 Å². The summed E-state index contributed by atoms with van der Waals surface area (Å²) in [6, 6.07) is 0.480. The molecule has 0 bridgehead atoms. The van der Waals surface area contributed by atoms with Crippen molar-refractivity contribution < 1.29 is 9.84 Å². The fraction of sp³-hybridized carbons (Fsp3) is 1.00. The highest BCUT2D eigenvalue weighted by molar-refractivity contribution is 4.73. The number of rotatable bonds is 8. The molecule has 0 aromatic rings. The van der Waals surface area contributed by atoms with E-state index in [0.717, 1.165) is 26.0 Å². The van der Waals surface area contributed by atoms with Crippen LogP contribution in [0.25, 0.3) is 0 Å². The van der Waals surface area contributed by atoms with Crippen molar-refractivity contribution in [2.75, 3.05) is 26.9 Å². The fourth-order valence-electron chi connectivity index (χ4n) is 1.24. The Kier molecular flexibility index (Phi) is 7.15. The summed E-state index contributed by atoms with van der Waals surface area (Å²) < 4.78 is 5.01. The zero-order valence-electron chi connectivity index (χ0n) is 9.97.